The summed E-state index contributed by atoms with van der Waals surface area (Å²) in [6.45, 7) is 8.06. The highest BCUT2D eigenvalue weighted by Gasteiger charge is 2.58. The lowest BCUT2D eigenvalue weighted by Gasteiger charge is -2.60. The van der Waals surface area contributed by atoms with E-state index in [9.17, 15) is 0 Å². The van der Waals surface area contributed by atoms with E-state index < -0.39 is 0 Å². The van der Waals surface area contributed by atoms with Gasteiger partial charge in [-0.15, -0.1) is 34.2 Å². The number of rotatable bonds is 4. The topological polar surface area (TPSA) is 76.4 Å². The molecule has 3 unspecified atom stereocenters. The molecule has 3 fully saturated rings. The molecule has 2 heterocycles. The Bertz CT molecular complexity index is 712. The van der Waals surface area contributed by atoms with Crippen molar-refractivity contribution >= 4 is 29.9 Å². The summed E-state index contributed by atoms with van der Waals surface area (Å²) < 4.78 is 8.09. The number of hydrogen-bond acceptors (Lipinski definition) is 4. The molecular formula is C21H37IN6O. The number of nitrogens with zero attached hydrogens (tertiary/aromatic N) is 4. The van der Waals surface area contributed by atoms with Gasteiger partial charge in [-0.3, -0.25) is 0 Å². The van der Waals surface area contributed by atoms with Crippen molar-refractivity contribution in [3.05, 3.63) is 11.6 Å². The van der Waals surface area contributed by atoms with Gasteiger partial charge in [-0.25, -0.2) is 4.99 Å². The van der Waals surface area contributed by atoms with E-state index in [4.69, 9.17) is 9.73 Å². The molecule has 7 nitrogen and oxygen atoms in total. The predicted molar refractivity (Wildman–Crippen MR) is 125 cm³/mol. The molecule has 8 heteroatoms. The third-order valence-electron chi connectivity index (χ3n) is 7.13. The number of ether oxygens (including phenoxy) is 1. The molecule has 164 valence electrons. The molecule has 29 heavy (non-hydrogen) atoms. The summed E-state index contributed by atoms with van der Waals surface area (Å²) in [6, 6.07) is 0.914. The van der Waals surface area contributed by atoms with Crippen LogP contribution in [0.15, 0.2) is 4.99 Å². The lowest BCUT2D eigenvalue weighted by Crippen LogP contribution is -2.71. The summed E-state index contributed by atoms with van der Waals surface area (Å²) in [7, 11) is 2.00. The van der Waals surface area contributed by atoms with Gasteiger partial charge in [-0.05, 0) is 32.6 Å². The van der Waals surface area contributed by atoms with Crippen molar-refractivity contribution in [2.24, 2.45) is 23.4 Å². The van der Waals surface area contributed by atoms with Crippen LogP contribution in [0.4, 0.5) is 0 Å². The fraction of sp³-hybridized carbons (Fsp3) is 0.857. The van der Waals surface area contributed by atoms with Crippen molar-refractivity contribution in [3.8, 4) is 0 Å². The highest BCUT2D eigenvalue weighted by molar-refractivity contribution is 14.0. The maximum atomic E-state index is 6.08. The molecule has 3 aliphatic rings. The van der Waals surface area contributed by atoms with E-state index in [2.05, 4.69) is 34.7 Å². The highest BCUT2D eigenvalue weighted by atomic mass is 127. The maximum absolute atomic E-state index is 6.08. The summed E-state index contributed by atoms with van der Waals surface area (Å²) in [6.07, 6.45) is 9.20. The molecule has 2 aliphatic carbocycles. The Hall–Kier alpha value is -0.900. The smallest absolute Gasteiger partial charge is 0.192 e. The van der Waals surface area contributed by atoms with Crippen LogP contribution in [0.5, 0.6) is 0 Å². The predicted octanol–water partition coefficient (Wildman–Crippen LogP) is 3.31. The van der Waals surface area contributed by atoms with Gasteiger partial charge in [0.25, 0.3) is 0 Å². The first-order chi connectivity index (χ1) is 13.5. The number of aromatic nitrogens is 3. The van der Waals surface area contributed by atoms with Gasteiger partial charge in [-0.2, -0.15) is 0 Å². The van der Waals surface area contributed by atoms with Gasteiger partial charge in [0.05, 0.1) is 6.10 Å². The zero-order chi connectivity index (χ0) is 19.7. The van der Waals surface area contributed by atoms with Crippen molar-refractivity contribution in [1.82, 2.24) is 25.4 Å². The van der Waals surface area contributed by atoms with Crippen molar-refractivity contribution in [2.75, 3.05) is 6.61 Å². The summed E-state index contributed by atoms with van der Waals surface area (Å²) in [5, 5.41) is 15.9. The molecule has 1 aromatic heterocycles. The van der Waals surface area contributed by atoms with Crippen LogP contribution in [0.1, 0.15) is 70.4 Å². The van der Waals surface area contributed by atoms with Crippen molar-refractivity contribution in [1.29, 1.82) is 0 Å². The quantitative estimate of drug-likeness (QED) is 0.365. The lowest BCUT2D eigenvalue weighted by molar-refractivity contribution is -0.188. The Labute approximate surface area is 191 Å². The van der Waals surface area contributed by atoms with Crippen LogP contribution in [0.25, 0.3) is 0 Å². The largest absolute Gasteiger partial charge is 0.377 e. The fourth-order valence-electron chi connectivity index (χ4n) is 5.27. The Morgan fingerprint density at radius 3 is 2.59 bits per heavy atom. The van der Waals surface area contributed by atoms with Crippen LogP contribution in [-0.2, 0) is 18.3 Å². The van der Waals surface area contributed by atoms with Crippen molar-refractivity contribution in [3.63, 3.8) is 0 Å². The van der Waals surface area contributed by atoms with Crippen LogP contribution < -0.4 is 10.6 Å². The first kappa shape index (κ1) is 22.8. The third-order valence-corrected chi connectivity index (χ3v) is 7.13. The fourth-order valence-corrected chi connectivity index (χ4v) is 5.27. The monoisotopic (exact) mass is 516 g/mol. The summed E-state index contributed by atoms with van der Waals surface area (Å²) in [5.41, 5.74) is 0.126. The Morgan fingerprint density at radius 1 is 1.14 bits per heavy atom. The zero-order valence-electron chi connectivity index (χ0n) is 18.3. The van der Waals surface area contributed by atoms with Gasteiger partial charge in [-0.1, -0.05) is 33.1 Å². The first-order valence-corrected chi connectivity index (χ1v) is 11.0. The number of aliphatic imine (C=N–C) groups is 1. The van der Waals surface area contributed by atoms with Crippen molar-refractivity contribution in [2.45, 2.75) is 90.4 Å². The van der Waals surface area contributed by atoms with E-state index in [1.165, 1.54) is 38.5 Å². The molecule has 2 saturated carbocycles. The van der Waals surface area contributed by atoms with Crippen LogP contribution in [0, 0.1) is 18.3 Å². The van der Waals surface area contributed by atoms with E-state index in [-0.39, 0.29) is 29.4 Å². The van der Waals surface area contributed by atoms with Crippen molar-refractivity contribution < 1.29 is 4.74 Å². The summed E-state index contributed by atoms with van der Waals surface area (Å²) >= 11 is 0. The van der Waals surface area contributed by atoms with Crippen LogP contribution in [0.2, 0.25) is 0 Å². The zero-order valence-corrected chi connectivity index (χ0v) is 20.6. The molecule has 0 bridgehead atoms. The van der Waals surface area contributed by atoms with E-state index in [0.29, 0.717) is 30.7 Å². The number of aryl methyl sites for hydroxylation is 1. The lowest BCUT2D eigenvalue weighted by atomic mass is 9.55. The van der Waals surface area contributed by atoms with Crippen LogP contribution >= 0.6 is 24.0 Å². The molecule has 3 atom stereocenters. The molecule has 1 saturated heterocycles. The average Bonchev–Trinajstić information content (AvgIpc) is 3.02. The standard InChI is InChI=1S/C21H36N6O.HI/c1-14-25-26-17(27(14)4)13-22-20(23-15-9-6-5-7-10-15)24-18-16-11-8-12-28-19(16)21(18,2)3;/h15-16,18-19H,5-13H2,1-4H3,(H2,22,23,24);1H. The van der Waals surface area contributed by atoms with Crippen LogP contribution in [0.3, 0.4) is 0 Å². The van der Waals surface area contributed by atoms with Gasteiger partial charge in [0, 0.05) is 37.1 Å². The van der Waals surface area contributed by atoms with E-state index >= 15 is 0 Å². The summed E-state index contributed by atoms with van der Waals surface area (Å²) in [4.78, 5) is 4.92. The Kier molecular flexibility index (Phi) is 7.46. The van der Waals surface area contributed by atoms with E-state index in [0.717, 1.165) is 30.6 Å². The van der Waals surface area contributed by atoms with Gasteiger partial charge in [0.15, 0.2) is 11.8 Å². The average molecular weight is 516 g/mol. The van der Waals surface area contributed by atoms with Gasteiger partial charge in [0.1, 0.15) is 12.4 Å². The van der Waals surface area contributed by atoms with Gasteiger partial charge in [0.2, 0.25) is 0 Å². The second-order valence-corrected chi connectivity index (χ2v) is 9.41. The summed E-state index contributed by atoms with van der Waals surface area (Å²) in [5.74, 6) is 3.32. The van der Waals surface area contributed by atoms with Crippen LogP contribution in [-0.4, -0.2) is 45.5 Å². The number of nitrogens with one attached hydrogen (secondary N) is 2. The number of halogens is 1. The molecule has 0 spiro atoms. The second kappa shape index (κ2) is 9.49. The van der Waals surface area contributed by atoms with E-state index in [1.807, 2.05) is 18.5 Å². The molecular weight excluding hydrogens is 479 g/mol. The second-order valence-electron chi connectivity index (χ2n) is 9.41. The molecule has 0 amide bonds. The minimum Gasteiger partial charge on any atom is -0.377 e. The molecule has 2 N–H and O–H groups in total. The van der Waals surface area contributed by atoms with E-state index in [1.54, 1.807) is 0 Å². The molecule has 0 aromatic carbocycles. The minimum absolute atomic E-state index is 0. The Balaban J connectivity index is 0.00000240. The highest BCUT2D eigenvalue weighted by Crippen LogP contribution is 2.51. The third kappa shape index (κ3) is 4.73. The molecule has 4 rings (SSSR count). The number of fused-ring (bicyclic) bond motifs is 1. The number of hydrogen-bond donors (Lipinski definition) is 2. The normalized spacial score (nSPS) is 29.4. The number of guanidine groups is 1. The SMILES string of the molecule is Cc1nnc(CN=C(NC2CCCCC2)NC2C3CCCOC3C2(C)C)n1C.I. The van der Waals surface area contributed by atoms with Gasteiger partial charge >= 0.3 is 0 Å². The molecule has 0 radical (unpaired) electrons. The molecule has 1 aromatic rings. The maximum Gasteiger partial charge on any atom is 0.192 e. The first-order valence-electron chi connectivity index (χ1n) is 11.0. The van der Waals surface area contributed by atoms with Gasteiger partial charge < -0.3 is 19.9 Å². The Morgan fingerprint density at radius 2 is 1.90 bits per heavy atom. The molecule has 1 aliphatic heterocycles. The minimum atomic E-state index is 0.